The van der Waals surface area contributed by atoms with Gasteiger partial charge in [0.05, 0.1) is 17.2 Å². The highest BCUT2D eigenvalue weighted by molar-refractivity contribution is 6.06. The minimum Gasteiger partial charge on any atom is -0.388 e. The number of para-hydroxylation sites is 1. The number of imidazole rings is 1. The summed E-state index contributed by atoms with van der Waals surface area (Å²) >= 11 is 0. The Labute approximate surface area is 162 Å². The summed E-state index contributed by atoms with van der Waals surface area (Å²) in [5, 5.41) is 5.08. The van der Waals surface area contributed by atoms with E-state index in [0.717, 1.165) is 34.4 Å². The minimum absolute atomic E-state index is 0.242. The molecule has 0 aliphatic rings. The fraction of sp³-hybridized carbons (Fsp3) is 0.238. The normalized spacial score (nSPS) is 11.8. The van der Waals surface area contributed by atoms with Crippen molar-refractivity contribution in [2.45, 2.75) is 27.0 Å². The quantitative estimate of drug-likeness (QED) is 0.410. The predicted molar refractivity (Wildman–Crippen MR) is 111 cm³/mol. The molecule has 0 atom stereocenters. The molecule has 7 nitrogen and oxygen atoms in total. The zero-order chi connectivity index (χ0) is 19.5. The van der Waals surface area contributed by atoms with Crippen molar-refractivity contribution in [2.24, 2.45) is 11.1 Å². The molecule has 0 saturated carbocycles. The molecule has 4 aromatic rings. The molecule has 142 valence electrons. The number of rotatable bonds is 6. The van der Waals surface area contributed by atoms with E-state index in [1.165, 1.54) is 0 Å². The highest BCUT2D eigenvalue weighted by Gasteiger charge is 2.18. The van der Waals surface area contributed by atoms with E-state index in [1.807, 2.05) is 36.4 Å². The number of hydrogen-bond donors (Lipinski definition) is 1. The van der Waals surface area contributed by atoms with Gasteiger partial charge in [-0.15, -0.1) is 0 Å². The highest BCUT2D eigenvalue weighted by Crippen LogP contribution is 2.29. The maximum absolute atomic E-state index is 6.20. The second-order valence-corrected chi connectivity index (χ2v) is 7.04. The third kappa shape index (κ3) is 3.51. The lowest BCUT2D eigenvalue weighted by Crippen LogP contribution is -2.09. The molecule has 3 aromatic heterocycles. The lowest BCUT2D eigenvalue weighted by molar-refractivity contribution is 0.123. The summed E-state index contributed by atoms with van der Waals surface area (Å²) in [6.07, 6.45) is 5.07. The van der Waals surface area contributed by atoms with Gasteiger partial charge in [-0.05, 0) is 18.1 Å². The Morgan fingerprint density at radius 2 is 2.04 bits per heavy atom. The first-order valence-corrected chi connectivity index (χ1v) is 9.22. The lowest BCUT2D eigenvalue weighted by Gasteiger charge is -2.12. The SMILES string of the molecule is CC(C)Cn1c(CO/N=C/c2cccnc2)nc2c(N)nc3ccccc3c21. The number of oxime groups is 1. The van der Waals surface area contributed by atoms with Gasteiger partial charge < -0.3 is 15.1 Å². The van der Waals surface area contributed by atoms with Crippen molar-refractivity contribution in [3.8, 4) is 0 Å². The first kappa shape index (κ1) is 17.9. The molecule has 0 spiro atoms. The van der Waals surface area contributed by atoms with Crippen LogP contribution < -0.4 is 5.73 Å². The van der Waals surface area contributed by atoms with Crippen molar-refractivity contribution < 1.29 is 4.84 Å². The van der Waals surface area contributed by atoms with Crippen molar-refractivity contribution >= 4 is 34.0 Å². The van der Waals surface area contributed by atoms with Crippen molar-refractivity contribution in [1.29, 1.82) is 0 Å². The summed E-state index contributed by atoms with van der Waals surface area (Å²) in [7, 11) is 0. The van der Waals surface area contributed by atoms with Gasteiger partial charge in [-0.3, -0.25) is 4.98 Å². The van der Waals surface area contributed by atoms with E-state index in [4.69, 9.17) is 15.6 Å². The minimum atomic E-state index is 0.242. The number of nitrogens with zero attached hydrogens (tertiary/aromatic N) is 5. The number of anilines is 1. The van der Waals surface area contributed by atoms with Gasteiger partial charge >= 0.3 is 0 Å². The summed E-state index contributed by atoms with van der Waals surface area (Å²) in [5.74, 6) is 1.64. The van der Waals surface area contributed by atoms with Gasteiger partial charge in [-0.1, -0.05) is 43.3 Å². The van der Waals surface area contributed by atoms with Crippen molar-refractivity contribution in [1.82, 2.24) is 19.5 Å². The maximum Gasteiger partial charge on any atom is 0.174 e. The fourth-order valence-corrected chi connectivity index (χ4v) is 3.22. The average Bonchev–Trinajstić information content (AvgIpc) is 3.05. The van der Waals surface area contributed by atoms with E-state index >= 15 is 0 Å². The summed E-state index contributed by atoms with van der Waals surface area (Å²) in [5.41, 5.74) is 9.63. The number of nitrogen functional groups attached to an aromatic ring is 1. The molecule has 0 unspecified atom stereocenters. The van der Waals surface area contributed by atoms with Crippen LogP contribution in [0.15, 0.2) is 53.9 Å². The van der Waals surface area contributed by atoms with Crippen LogP contribution in [0.1, 0.15) is 25.2 Å². The number of pyridine rings is 2. The topological polar surface area (TPSA) is 91.2 Å². The zero-order valence-electron chi connectivity index (χ0n) is 15.9. The Hall–Kier alpha value is -3.48. The first-order chi connectivity index (χ1) is 13.6. The molecular formula is C21H22N6O. The molecule has 0 aliphatic carbocycles. The third-order valence-electron chi connectivity index (χ3n) is 4.39. The van der Waals surface area contributed by atoms with Crippen LogP contribution in [0.25, 0.3) is 21.9 Å². The molecule has 0 fully saturated rings. The first-order valence-electron chi connectivity index (χ1n) is 9.22. The van der Waals surface area contributed by atoms with Crippen LogP contribution in [-0.2, 0) is 18.0 Å². The molecule has 1 aromatic carbocycles. The van der Waals surface area contributed by atoms with Gasteiger partial charge in [0.15, 0.2) is 18.2 Å². The molecule has 2 N–H and O–H groups in total. The van der Waals surface area contributed by atoms with Crippen molar-refractivity contribution in [2.75, 3.05) is 5.73 Å². The Bertz CT molecular complexity index is 1130. The van der Waals surface area contributed by atoms with E-state index in [-0.39, 0.29) is 6.61 Å². The molecule has 28 heavy (non-hydrogen) atoms. The Morgan fingerprint density at radius 3 is 2.82 bits per heavy atom. The largest absolute Gasteiger partial charge is 0.388 e. The van der Waals surface area contributed by atoms with E-state index in [2.05, 4.69) is 33.5 Å². The molecule has 0 bridgehead atoms. The smallest absolute Gasteiger partial charge is 0.174 e. The highest BCUT2D eigenvalue weighted by atomic mass is 16.6. The van der Waals surface area contributed by atoms with Gasteiger partial charge in [0.1, 0.15) is 5.52 Å². The Balaban J connectivity index is 1.72. The number of benzene rings is 1. The third-order valence-corrected chi connectivity index (χ3v) is 4.39. The fourth-order valence-electron chi connectivity index (χ4n) is 3.22. The molecule has 0 radical (unpaired) electrons. The number of aromatic nitrogens is 4. The van der Waals surface area contributed by atoms with Crippen LogP contribution in [0.2, 0.25) is 0 Å². The molecule has 0 saturated heterocycles. The Morgan fingerprint density at radius 1 is 1.18 bits per heavy atom. The molecule has 0 aliphatic heterocycles. The van der Waals surface area contributed by atoms with Gasteiger partial charge in [-0.25, -0.2) is 9.97 Å². The van der Waals surface area contributed by atoms with E-state index in [9.17, 15) is 0 Å². The standard InChI is InChI=1S/C21H22N6O/c1-14(2)12-27-18(13-28-24-11-15-6-5-9-23-10-15)26-19-20(27)16-7-3-4-8-17(16)25-21(19)22/h3-11,14H,12-13H2,1-2H3,(H2,22,25)/b24-11+. The van der Waals surface area contributed by atoms with Crippen molar-refractivity contribution in [3.05, 3.63) is 60.2 Å². The average molecular weight is 374 g/mol. The van der Waals surface area contributed by atoms with Crippen LogP contribution in [-0.4, -0.2) is 25.7 Å². The maximum atomic E-state index is 6.20. The summed E-state index contributed by atoms with van der Waals surface area (Å²) in [6.45, 7) is 5.38. The van der Waals surface area contributed by atoms with Crippen LogP contribution in [0, 0.1) is 5.92 Å². The molecular weight excluding hydrogens is 352 g/mol. The molecule has 7 heteroatoms. The number of nitrogens with two attached hydrogens (primary N) is 1. The van der Waals surface area contributed by atoms with Gasteiger partial charge in [0.2, 0.25) is 0 Å². The van der Waals surface area contributed by atoms with E-state index in [1.54, 1.807) is 18.6 Å². The summed E-state index contributed by atoms with van der Waals surface area (Å²) in [6, 6.07) is 11.7. The number of hydrogen-bond acceptors (Lipinski definition) is 6. The molecule has 0 amide bonds. The predicted octanol–water partition coefficient (Wildman–Crippen LogP) is 3.77. The second kappa shape index (κ2) is 7.64. The summed E-state index contributed by atoms with van der Waals surface area (Å²) in [4.78, 5) is 18.8. The van der Waals surface area contributed by atoms with E-state index < -0.39 is 0 Å². The van der Waals surface area contributed by atoms with Crippen LogP contribution >= 0.6 is 0 Å². The van der Waals surface area contributed by atoms with Crippen LogP contribution in [0.5, 0.6) is 0 Å². The van der Waals surface area contributed by atoms with Gasteiger partial charge in [-0.2, -0.15) is 0 Å². The molecule has 3 heterocycles. The van der Waals surface area contributed by atoms with Crippen LogP contribution in [0.4, 0.5) is 5.82 Å². The van der Waals surface area contributed by atoms with Crippen LogP contribution in [0.3, 0.4) is 0 Å². The Kier molecular flexibility index (Phi) is 4.89. The second-order valence-electron chi connectivity index (χ2n) is 7.04. The lowest BCUT2D eigenvalue weighted by atomic mass is 10.1. The monoisotopic (exact) mass is 374 g/mol. The molecule has 4 rings (SSSR count). The van der Waals surface area contributed by atoms with Gasteiger partial charge in [0.25, 0.3) is 0 Å². The van der Waals surface area contributed by atoms with E-state index in [0.29, 0.717) is 17.3 Å². The van der Waals surface area contributed by atoms with Crippen molar-refractivity contribution in [3.63, 3.8) is 0 Å². The van der Waals surface area contributed by atoms with Gasteiger partial charge in [0, 0.05) is 29.9 Å². The number of fused-ring (bicyclic) bond motifs is 3. The zero-order valence-corrected chi connectivity index (χ0v) is 15.9. The summed E-state index contributed by atoms with van der Waals surface area (Å²) < 4.78 is 2.17.